The second kappa shape index (κ2) is 5.94. The first-order chi connectivity index (χ1) is 6.44. The molecule has 1 amide bonds. The Labute approximate surface area is 83.6 Å². The highest BCUT2D eigenvalue weighted by molar-refractivity contribution is 7.90. The predicted molar refractivity (Wildman–Crippen MR) is 51.4 cm³/mol. The van der Waals surface area contributed by atoms with Gasteiger partial charge in [-0.05, 0) is 0 Å². The monoisotopic (exact) mass is 226 g/mol. The number of hydrogen-bond donors (Lipinski definition) is 1. The van der Waals surface area contributed by atoms with Gasteiger partial charge in [0, 0.05) is 14.0 Å². The van der Waals surface area contributed by atoms with Crippen LogP contribution in [0, 0.1) is 0 Å². The van der Waals surface area contributed by atoms with Crippen molar-refractivity contribution in [1.29, 1.82) is 0 Å². The maximum atomic E-state index is 11.4. The SMILES string of the molecule is COCC(C[OH+]C)S(=O)(=O)NC(C)=O. The van der Waals surface area contributed by atoms with Crippen molar-refractivity contribution in [1.82, 2.24) is 4.72 Å². The average molecular weight is 226 g/mol. The number of aliphatic hydroxyl groups is 2. The number of carbonyl (C=O) groups is 1. The molecule has 0 aromatic carbocycles. The third-order valence-electron chi connectivity index (χ3n) is 1.46. The molecule has 6 nitrogen and oxygen atoms in total. The molecule has 1 atom stereocenters. The number of hydrogen-bond acceptors (Lipinski definition) is 4. The fraction of sp³-hybridized carbons (Fsp3) is 0.857. The number of amides is 1. The zero-order valence-corrected chi connectivity index (χ0v) is 9.30. The van der Waals surface area contributed by atoms with E-state index < -0.39 is 21.2 Å². The molecular weight excluding hydrogens is 210 g/mol. The third-order valence-corrected chi connectivity index (χ3v) is 3.20. The molecule has 84 valence electrons. The summed E-state index contributed by atoms with van der Waals surface area (Å²) >= 11 is 0. The lowest BCUT2D eigenvalue weighted by molar-refractivity contribution is -0.117. The van der Waals surface area contributed by atoms with Gasteiger partial charge in [0.05, 0.1) is 6.61 Å². The summed E-state index contributed by atoms with van der Waals surface area (Å²) in [6, 6.07) is 0. The van der Waals surface area contributed by atoms with Crippen molar-refractivity contribution in [2.45, 2.75) is 12.2 Å². The highest BCUT2D eigenvalue weighted by Gasteiger charge is 2.28. The van der Waals surface area contributed by atoms with Crippen LogP contribution in [0.1, 0.15) is 6.92 Å². The van der Waals surface area contributed by atoms with Crippen molar-refractivity contribution < 1.29 is 22.7 Å². The molecule has 7 heteroatoms. The molecule has 2 N–H and O–H groups in total. The van der Waals surface area contributed by atoms with Crippen LogP contribution in [0.4, 0.5) is 0 Å². The van der Waals surface area contributed by atoms with Gasteiger partial charge in [-0.2, -0.15) is 0 Å². The number of nitrogens with one attached hydrogen (secondary N) is 1. The van der Waals surface area contributed by atoms with Gasteiger partial charge < -0.3 is 9.47 Å². The predicted octanol–water partition coefficient (Wildman–Crippen LogP) is -1.37. The van der Waals surface area contributed by atoms with Crippen molar-refractivity contribution >= 4 is 15.9 Å². The Morgan fingerprint density at radius 3 is 2.50 bits per heavy atom. The molecule has 0 aliphatic carbocycles. The largest absolute Gasteiger partial charge is 0.435 e. The van der Waals surface area contributed by atoms with Crippen LogP contribution in [-0.4, -0.2) is 51.7 Å². The van der Waals surface area contributed by atoms with Gasteiger partial charge in [-0.3, -0.25) is 9.52 Å². The molecule has 0 aliphatic heterocycles. The Morgan fingerprint density at radius 1 is 1.57 bits per heavy atom. The van der Waals surface area contributed by atoms with Gasteiger partial charge in [0.15, 0.2) is 11.9 Å². The van der Waals surface area contributed by atoms with E-state index in [1.54, 1.807) is 0 Å². The number of sulfonamides is 1. The number of ether oxygens (including phenoxy) is 2. The Bertz CT molecular complexity index is 268. The van der Waals surface area contributed by atoms with Crippen molar-refractivity contribution in [3.63, 3.8) is 0 Å². The highest BCUT2D eigenvalue weighted by Crippen LogP contribution is 1.99. The van der Waals surface area contributed by atoms with Crippen LogP contribution in [0.5, 0.6) is 0 Å². The van der Waals surface area contributed by atoms with E-state index in [1.165, 1.54) is 14.2 Å². The molecule has 0 rings (SSSR count). The molecule has 0 fully saturated rings. The van der Waals surface area contributed by atoms with Gasteiger partial charge in [-0.25, -0.2) is 8.42 Å². The molecule has 0 heterocycles. The molecule has 0 aromatic heterocycles. The Balaban J connectivity index is 4.53. The molecule has 0 radical (unpaired) electrons. The molecule has 0 aliphatic rings. The van der Waals surface area contributed by atoms with Crippen molar-refractivity contribution in [3.05, 3.63) is 0 Å². The van der Waals surface area contributed by atoms with E-state index in [2.05, 4.69) is 4.74 Å². The molecule has 0 aromatic rings. The first-order valence-electron chi connectivity index (χ1n) is 4.00. The van der Waals surface area contributed by atoms with Crippen molar-refractivity contribution in [2.24, 2.45) is 0 Å². The zero-order valence-electron chi connectivity index (χ0n) is 8.48. The lowest BCUT2D eigenvalue weighted by Gasteiger charge is -2.13. The van der Waals surface area contributed by atoms with Crippen molar-refractivity contribution in [2.75, 3.05) is 27.4 Å². The number of carbonyl (C=O) groups excluding carboxylic acids is 1. The summed E-state index contributed by atoms with van der Waals surface area (Å²) in [5.41, 5.74) is 0. The van der Waals surface area contributed by atoms with Crippen LogP contribution in [0.3, 0.4) is 0 Å². The quantitative estimate of drug-likeness (QED) is 0.566. The number of methoxy groups -OCH3 is 1. The second-order valence-corrected chi connectivity index (χ2v) is 4.74. The van der Waals surface area contributed by atoms with Gasteiger partial charge in [0.1, 0.15) is 7.11 Å². The van der Waals surface area contributed by atoms with Crippen LogP contribution in [0.25, 0.3) is 0 Å². The molecule has 0 bridgehead atoms. The molecule has 1 unspecified atom stereocenters. The minimum Gasteiger partial charge on any atom is -0.435 e. The van der Waals surface area contributed by atoms with E-state index in [4.69, 9.17) is 4.74 Å². The summed E-state index contributed by atoms with van der Waals surface area (Å²) < 4.78 is 33.2. The average Bonchev–Trinajstić information content (AvgIpc) is 2.01. The summed E-state index contributed by atoms with van der Waals surface area (Å²) in [4.78, 5) is 10.6. The lowest BCUT2D eigenvalue weighted by atomic mass is 10.5. The Hall–Kier alpha value is -0.660. The second-order valence-electron chi connectivity index (χ2n) is 2.78. The maximum absolute atomic E-state index is 11.4. The maximum Gasteiger partial charge on any atom is 0.247 e. The normalized spacial score (nSPS) is 13.6. The summed E-state index contributed by atoms with van der Waals surface area (Å²) in [6.07, 6.45) is 0. The van der Waals surface area contributed by atoms with E-state index in [9.17, 15) is 13.2 Å². The summed E-state index contributed by atoms with van der Waals surface area (Å²) in [5.74, 6) is -0.609. The van der Waals surface area contributed by atoms with Gasteiger partial charge >= 0.3 is 0 Å². The van der Waals surface area contributed by atoms with Gasteiger partial charge in [-0.1, -0.05) is 0 Å². The van der Waals surface area contributed by atoms with Crippen molar-refractivity contribution in [3.8, 4) is 0 Å². The van der Waals surface area contributed by atoms with Gasteiger partial charge in [0.2, 0.25) is 15.9 Å². The Kier molecular flexibility index (Phi) is 5.66. The van der Waals surface area contributed by atoms with Crippen LogP contribution in [-0.2, 0) is 19.6 Å². The molecule has 0 spiro atoms. The summed E-state index contributed by atoms with van der Waals surface area (Å²) in [7, 11) is -0.764. The first kappa shape index (κ1) is 13.3. The summed E-state index contributed by atoms with van der Waals surface area (Å²) in [6.45, 7) is 1.26. The standard InChI is InChI=1S/C7H15NO5S/c1-6(9)8-14(10,11)7(4-12-2)5-13-3/h7H,4-5H2,1-3H3,(H,8,9)/p+1. The highest BCUT2D eigenvalue weighted by atomic mass is 32.2. The fourth-order valence-corrected chi connectivity index (χ4v) is 2.14. The number of rotatable bonds is 6. The van der Waals surface area contributed by atoms with E-state index in [0.29, 0.717) is 0 Å². The molecule has 0 saturated heterocycles. The molecule has 14 heavy (non-hydrogen) atoms. The van der Waals surface area contributed by atoms with E-state index in [0.717, 1.165) is 6.92 Å². The van der Waals surface area contributed by atoms with Crippen LogP contribution in [0.2, 0.25) is 0 Å². The van der Waals surface area contributed by atoms with Crippen LogP contribution >= 0.6 is 0 Å². The Morgan fingerprint density at radius 2 is 2.14 bits per heavy atom. The first-order valence-corrected chi connectivity index (χ1v) is 5.55. The summed E-state index contributed by atoms with van der Waals surface area (Å²) in [5, 5.41) is -0.818. The van der Waals surface area contributed by atoms with Gasteiger partial charge in [0.25, 0.3) is 0 Å². The lowest BCUT2D eigenvalue weighted by Crippen LogP contribution is -2.42. The smallest absolute Gasteiger partial charge is 0.247 e. The third kappa shape index (κ3) is 4.54. The molecular formula is C7H16NO5S+. The van der Waals surface area contributed by atoms with Gasteiger partial charge in [-0.15, -0.1) is 0 Å². The van der Waals surface area contributed by atoms with Crippen LogP contribution in [0.15, 0.2) is 0 Å². The minimum absolute atomic E-state index is 0.0138. The zero-order chi connectivity index (χ0) is 11.2. The van der Waals surface area contributed by atoms with Crippen LogP contribution < -0.4 is 4.72 Å². The fourth-order valence-electron chi connectivity index (χ4n) is 0.914. The van der Waals surface area contributed by atoms with E-state index in [-0.39, 0.29) is 13.2 Å². The molecule has 0 saturated carbocycles. The topological polar surface area (TPSA) is 85.3 Å². The van der Waals surface area contributed by atoms with E-state index >= 15 is 0 Å². The van der Waals surface area contributed by atoms with E-state index in [1.807, 2.05) is 4.72 Å². The minimum atomic E-state index is -3.66.